The van der Waals surface area contributed by atoms with Gasteiger partial charge in [-0.2, -0.15) is 5.10 Å². The van der Waals surface area contributed by atoms with Crippen molar-refractivity contribution in [3.05, 3.63) is 40.3 Å². The van der Waals surface area contributed by atoms with Gasteiger partial charge in [0.25, 0.3) is 5.56 Å². The molecule has 0 radical (unpaired) electrons. The number of fused-ring (bicyclic) bond motifs is 1. The normalized spacial score (nSPS) is 12.3. The van der Waals surface area contributed by atoms with Gasteiger partial charge in [0, 0.05) is 20.1 Å². The van der Waals surface area contributed by atoms with Crippen LogP contribution < -0.4 is 5.56 Å². The predicted octanol–water partition coefficient (Wildman–Crippen LogP) is 3.83. The Hall–Kier alpha value is -1.46. The highest BCUT2D eigenvalue weighted by Gasteiger charge is 2.13. The molecule has 1 heterocycles. The van der Waals surface area contributed by atoms with E-state index in [1.54, 1.807) is 6.20 Å². The molecule has 0 bridgehead atoms. The number of rotatable bonds is 6. The highest BCUT2D eigenvalue weighted by Crippen LogP contribution is 2.22. The van der Waals surface area contributed by atoms with Crippen LogP contribution in [0.3, 0.4) is 0 Å². The van der Waals surface area contributed by atoms with Gasteiger partial charge in [0.05, 0.1) is 11.6 Å². The third-order valence-electron chi connectivity index (χ3n) is 3.76. The molecule has 1 aromatic heterocycles. The molecule has 0 unspecified atom stereocenters. The second-order valence-corrected chi connectivity index (χ2v) is 12.9. The van der Waals surface area contributed by atoms with Crippen molar-refractivity contribution in [2.45, 2.75) is 52.2 Å². The summed E-state index contributed by atoms with van der Waals surface area (Å²) in [7, 11) is -1.11. The summed E-state index contributed by atoms with van der Waals surface area (Å²) < 4.78 is 7.05. The third-order valence-corrected chi connectivity index (χ3v) is 5.47. The van der Waals surface area contributed by atoms with Crippen LogP contribution in [0.5, 0.6) is 0 Å². The summed E-state index contributed by atoms with van der Waals surface area (Å²) in [5, 5.41) is 5.94. The summed E-state index contributed by atoms with van der Waals surface area (Å²) in [6, 6.07) is 6.95. The van der Waals surface area contributed by atoms with Gasteiger partial charge in [-0.15, -0.1) is 0 Å². The highest BCUT2D eigenvalue weighted by molar-refractivity contribution is 6.76. The minimum absolute atomic E-state index is 0.0759. The molecule has 2 aromatic rings. The molecule has 0 saturated heterocycles. The van der Waals surface area contributed by atoms with Crippen LogP contribution in [0.15, 0.2) is 29.2 Å². The molecule has 0 N–H and O–H groups in total. The van der Waals surface area contributed by atoms with Crippen LogP contribution in [-0.4, -0.2) is 24.5 Å². The lowest BCUT2D eigenvalue weighted by Crippen LogP contribution is -2.26. The van der Waals surface area contributed by atoms with E-state index in [0.717, 1.165) is 22.4 Å². The smallest absolute Gasteiger partial charge is 0.276 e. The summed E-state index contributed by atoms with van der Waals surface area (Å²) in [6.45, 7) is 12.1. The van der Waals surface area contributed by atoms with Crippen LogP contribution in [0.4, 0.5) is 0 Å². The van der Waals surface area contributed by atoms with Gasteiger partial charge in [0.2, 0.25) is 0 Å². The summed E-state index contributed by atoms with van der Waals surface area (Å²) >= 11 is 0. The van der Waals surface area contributed by atoms with Crippen LogP contribution in [0.2, 0.25) is 25.7 Å². The van der Waals surface area contributed by atoms with Crippen LogP contribution in [0.1, 0.15) is 25.3 Å². The zero-order valence-electron chi connectivity index (χ0n) is 14.2. The van der Waals surface area contributed by atoms with Gasteiger partial charge in [-0.3, -0.25) is 4.79 Å². The largest absolute Gasteiger partial charge is 0.359 e. The van der Waals surface area contributed by atoms with E-state index in [-0.39, 0.29) is 12.3 Å². The number of aromatic nitrogens is 2. The molecule has 5 heteroatoms. The maximum Gasteiger partial charge on any atom is 0.276 e. The first-order chi connectivity index (χ1) is 10.3. The zero-order valence-corrected chi connectivity index (χ0v) is 15.2. The SMILES string of the molecule is CC(C)c1cccc2c(=O)n(COCC[Si](C)(C)C)ncc12. The third kappa shape index (κ3) is 4.05. The van der Waals surface area contributed by atoms with E-state index in [2.05, 4.69) is 44.7 Å². The first kappa shape index (κ1) is 16.9. The van der Waals surface area contributed by atoms with E-state index in [9.17, 15) is 4.79 Å². The van der Waals surface area contributed by atoms with Gasteiger partial charge >= 0.3 is 0 Å². The van der Waals surface area contributed by atoms with E-state index in [4.69, 9.17) is 4.74 Å². The summed E-state index contributed by atoms with van der Waals surface area (Å²) in [6.07, 6.45) is 1.79. The molecule has 0 fully saturated rings. The first-order valence-corrected chi connectivity index (χ1v) is 11.6. The number of benzene rings is 1. The average Bonchev–Trinajstić information content (AvgIpc) is 2.44. The summed E-state index contributed by atoms with van der Waals surface area (Å²) in [5.41, 5.74) is 1.09. The van der Waals surface area contributed by atoms with Crippen LogP contribution in [-0.2, 0) is 11.5 Å². The second-order valence-electron chi connectivity index (χ2n) is 7.26. The first-order valence-electron chi connectivity index (χ1n) is 7.86. The molecule has 0 aliphatic rings. The zero-order chi connectivity index (χ0) is 16.3. The fraction of sp³-hybridized carbons (Fsp3) is 0.529. The topological polar surface area (TPSA) is 44.1 Å². The Bertz CT molecular complexity index is 702. The molecule has 1 aromatic carbocycles. The summed E-state index contributed by atoms with van der Waals surface area (Å²) in [4.78, 5) is 12.5. The van der Waals surface area contributed by atoms with Crippen molar-refractivity contribution in [2.75, 3.05) is 6.61 Å². The molecule has 22 heavy (non-hydrogen) atoms. The van der Waals surface area contributed by atoms with Gasteiger partial charge in [-0.1, -0.05) is 45.6 Å². The minimum Gasteiger partial charge on any atom is -0.359 e. The van der Waals surface area contributed by atoms with Gasteiger partial charge in [-0.25, -0.2) is 4.68 Å². The molecular formula is C17H26N2O2Si. The molecule has 0 amide bonds. The molecule has 0 aliphatic carbocycles. The Labute approximate surface area is 133 Å². The quantitative estimate of drug-likeness (QED) is 0.600. The van der Waals surface area contributed by atoms with Crippen LogP contribution in [0.25, 0.3) is 10.8 Å². The predicted molar refractivity (Wildman–Crippen MR) is 94.2 cm³/mol. The fourth-order valence-electron chi connectivity index (χ4n) is 2.36. The van der Waals surface area contributed by atoms with E-state index in [1.807, 2.05) is 12.1 Å². The maximum absolute atomic E-state index is 12.5. The lowest BCUT2D eigenvalue weighted by atomic mass is 9.98. The van der Waals surface area contributed by atoms with Crippen molar-refractivity contribution in [1.82, 2.24) is 9.78 Å². The average molecular weight is 318 g/mol. The molecule has 0 aliphatic heterocycles. The Morgan fingerprint density at radius 3 is 2.59 bits per heavy atom. The van der Waals surface area contributed by atoms with Gasteiger partial charge in [0.1, 0.15) is 6.73 Å². The standard InChI is InChI=1S/C17H26N2O2Si/c1-13(2)14-7-6-8-15-16(14)11-18-19(17(15)20)12-21-9-10-22(3,4)5/h6-8,11,13H,9-10,12H2,1-5H3. The Morgan fingerprint density at radius 2 is 1.95 bits per heavy atom. The van der Waals surface area contributed by atoms with Crippen LogP contribution in [0, 0.1) is 0 Å². The number of nitrogens with zero attached hydrogens (tertiary/aromatic N) is 2. The van der Waals surface area contributed by atoms with Crippen molar-refractivity contribution >= 4 is 18.8 Å². The number of hydrogen-bond donors (Lipinski definition) is 0. The highest BCUT2D eigenvalue weighted by atomic mass is 28.3. The van der Waals surface area contributed by atoms with Gasteiger partial charge in [-0.05, 0) is 23.6 Å². The van der Waals surface area contributed by atoms with Crippen molar-refractivity contribution in [1.29, 1.82) is 0 Å². The summed E-state index contributed by atoms with van der Waals surface area (Å²) in [5.74, 6) is 0.369. The lowest BCUT2D eigenvalue weighted by molar-refractivity contribution is 0.0754. The molecule has 0 spiro atoms. The monoisotopic (exact) mass is 318 g/mol. The molecule has 4 nitrogen and oxygen atoms in total. The Kier molecular flexibility index (Phi) is 5.18. The Balaban J connectivity index is 2.20. The fourth-order valence-corrected chi connectivity index (χ4v) is 3.11. The van der Waals surface area contributed by atoms with Crippen molar-refractivity contribution in [3.63, 3.8) is 0 Å². The van der Waals surface area contributed by atoms with E-state index < -0.39 is 8.07 Å². The van der Waals surface area contributed by atoms with Crippen molar-refractivity contribution in [2.24, 2.45) is 0 Å². The van der Waals surface area contributed by atoms with Gasteiger partial charge < -0.3 is 4.74 Å². The number of ether oxygens (including phenoxy) is 1. The van der Waals surface area contributed by atoms with Crippen molar-refractivity contribution < 1.29 is 4.74 Å². The Morgan fingerprint density at radius 1 is 1.23 bits per heavy atom. The molecule has 2 rings (SSSR count). The molecule has 0 saturated carbocycles. The van der Waals surface area contributed by atoms with Crippen molar-refractivity contribution in [3.8, 4) is 0 Å². The second kappa shape index (κ2) is 6.75. The van der Waals surface area contributed by atoms with Gasteiger partial charge in [0.15, 0.2) is 0 Å². The van der Waals surface area contributed by atoms with Crippen LogP contribution >= 0.6 is 0 Å². The van der Waals surface area contributed by atoms with E-state index >= 15 is 0 Å². The molecular weight excluding hydrogens is 292 g/mol. The number of hydrogen-bond acceptors (Lipinski definition) is 3. The molecule has 0 atom stereocenters. The minimum atomic E-state index is -1.11. The molecule has 120 valence electrons. The van der Waals surface area contributed by atoms with E-state index in [1.165, 1.54) is 4.68 Å². The lowest BCUT2D eigenvalue weighted by Gasteiger charge is -2.15. The maximum atomic E-state index is 12.5. The van der Waals surface area contributed by atoms with E-state index in [0.29, 0.717) is 12.5 Å².